The summed E-state index contributed by atoms with van der Waals surface area (Å²) in [5, 5.41) is 9.70. The van der Waals surface area contributed by atoms with Crippen molar-refractivity contribution in [3.63, 3.8) is 0 Å². The van der Waals surface area contributed by atoms with Crippen molar-refractivity contribution in [1.82, 2.24) is 14.5 Å². The number of aliphatic carboxylic acids is 1. The highest BCUT2D eigenvalue weighted by Gasteiger charge is 2.48. The Bertz CT molecular complexity index is 983. The van der Waals surface area contributed by atoms with Gasteiger partial charge in [0.25, 0.3) is 5.91 Å². The molecule has 2 aromatic rings. The average Bonchev–Trinajstić information content (AvgIpc) is 3.38. The van der Waals surface area contributed by atoms with Gasteiger partial charge in [-0.2, -0.15) is 0 Å². The van der Waals surface area contributed by atoms with E-state index in [1.54, 1.807) is 17.0 Å². The maximum atomic E-state index is 13.0. The Balaban J connectivity index is 1.62. The minimum absolute atomic E-state index is 0.0536. The van der Waals surface area contributed by atoms with Crippen LogP contribution in [0, 0.1) is 11.3 Å². The molecule has 2 aliphatic rings. The van der Waals surface area contributed by atoms with Crippen LogP contribution in [0.15, 0.2) is 23.0 Å². The summed E-state index contributed by atoms with van der Waals surface area (Å²) in [6.07, 6.45) is 4.75. The van der Waals surface area contributed by atoms with E-state index in [4.69, 9.17) is 0 Å². The number of benzene rings is 1. The summed E-state index contributed by atoms with van der Waals surface area (Å²) in [7, 11) is 0. The summed E-state index contributed by atoms with van der Waals surface area (Å²) in [6, 6.07) is 5.53. The number of aromatic amines is 1. The molecule has 1 saturated carbocycles. The Morgan fingerprint density at radius 3 is 2.57 bits per heavy atom. The third-order valence-corrected chi connectivity index (χ3v) is 6.77. The number of carbonyl (C=O) groups is 2. The smallest absolute Gasteiger partial charge is 0.326 e. The summed E-state index contributed by atoms with van der Waals surface area (Å²) in [4.78, 5) is 41.8. The largest absolute Gasteiger partial charge is 0.481 e. The van der Waals surface area contributed by atoms with Crippen LogP contribution in [-0.4, -0.2) is 44.5 Å². The number of nitrogens with one attached hydrogen (secondary N) is 1. The molecule has 1 unspecified atom stereocenters. The van der Waals surface area contributed by atoms with Crippen LogP contribution in [0.25, 0.3) is 11.0 Å². The number of rotatable bonds is 4. The molecule has 2 heterocycles. The highest BCUT2D eigenvalue weighted by atomic mass is 16.4. The SMILES string of the molecule is CC(C)C1(C(=O)O)CCN(C(=O)c2ccc3c(c2)[nH]c(=O)n3C2CCCC2)C1. The Morgan fingerprint density at radius 2 is 1.96 bits per heavy atom. The van der Waals surface area contributed by atoms with Crippen molar-refractivity contribution in [2.75, 3.05) is 13.1 Å². The summed E-state index contributed by atoms with van der Waals surface area (Å²) in [6.45, 7) is 4.44. The summed E-state index contributed by atoms with van der Waals surface area (Å²) >= 11 is 0. The molecule has 1 atom stereocenters. The second-order valence-electron chi connectivity index (χ2n) is 8.56. The van der Waals surface area contributed by atoms with Gasteiger partial charge in [0, 0.05) is 24.7 Å². The Morgan fingerprint density at radius 1 is 1.25 bits per heavy atom. The predicted octanol–water partition coefficient (Wildman–Crippen LogP) is 3.02. The average molecular weight is 385 g/mol. The molecule has 1 aromatic heterocycles. The van der Waals surface area contributed by atoms with Crippen LogP contribution in [0.3, 0.4) is 0 Å². The number of likely N-dealkylation sites (tertiary alicyclic amines) is 1. The van der Waals surface area contributed by atoms with E-state index >= 15 is 0 Å². The standard InChI is InChI=1S/C21H27N3O4/c1-13(2)21(19(26)27)9-10-23(12-21)18(25)14-7-8-17-16(11-14)22-20(28)24(17)15-5-3-4-6-15/h7-8,11,13,15H,3-6,9-10,12H2,1-2H3,(H,22,28)(H,26,27). The van der Waals surface area contributed by atoms with Gasteiger partial charge in [-0.15, -0.1) is 0 Å². The van der Waals surface area contributed by atoms with Crippen LogP contribution in [-0.2, 0) is 4.79 Å². The van der Waals surface area contributed by atoms with Crippen molar-refractivity contribution in [3.05, 3.63) is 34.2 Å². The normalized spacial score (nSPS) is 23.2. The number of carbonyl (C=O) groups excluding carboxylic acids is 1. The molecule has 1 aromatic carbocycles. The van der Waals surface area contributed by atoms with Gasteiger partial charge in [0.1, 0.15) is 0 Å². The minimum Gasteiger partial charge on any atom is -0.481 e. The molecule has 1 amide bonds. The summed E-state index contributed by atoms with van der Waals surface area (Å²) in [5.74, 6) is -1.08. The van der Waals surface area contributed by atoms with Crippen LogP contribution < -0.4 is 5.69 Å². The quantitative estimate of drug-likeness (QED) is 0.846. The fraction of sp³-hybridized carbons (Fsp3) is 0.571. The minimum atomic E-state index is -0.889. The van der Waals surface area contributed by atoms with E-state index in [-0.39, 0.29) is 30.1 Å². The number of aromatic nitrogens is 2. The van der Waals surface area contributed by atoms with Crippen molar-refractivity contribution in [3.8, 4) is 0 Å². The monoisotopic (exact) mass is 385 g/mol. The number of hydrogen-bond donors (Lipinski definition) is 2. The van der Waals surface area contributed by atoms with Gasteiger partial charge in [-0.1, -0.05) is 26.7 Å². The molecule has 2 N–H and O–H groups in total. The lowest BCUT2D eigenvalue weighted by molar-refractivity contribution is -0.150. The fourth-order valence-electron chi connectivity index (χ4n) is 4.87. The molecule has 28 heavy (non-hydrogen) atoms. The summed E-state index contributed by atoms with van der Waals surface area (Å²) in [5.41, 5.74) is 0.960. The first-order valence-electron chi connectivity index (χ1n) is 10.1. The molecule has 0 radical (unpaired) electrons. The number of imidazole rings is 1. The van der Waals surface area contributed by atoms with Crippen molar-refractivity contribution < 1.29 is 14.7 Å². The Kier molecular flexibility index (Phi) is 4.56. The van der Waals surface area contributed by atoms with E-state index in [1.807, 2.05) is 24.5 Å². The van der Waals surface area contributed by atoms with Gasteiger partial charge >= 0.3 is 11.7 Å². The number of carboxylic acid groups (broad SMARTS) is 1. The Hall–Kier alpha value is -2.57. The van der Waals surface area contributed by atoms with Crippen molar-refractivity contribution >= 4 is 22.9 Å². The molecule has 0 bridgehead atoms. The number of fused-ring (bicyclic) bond motifs is 1. The van der Waals surface area contributed by atoms with Crippen molar-refractivity contribution in [1.29, 1.82) is 0 Å². The lowest BCUT2D eigenvalue weighted by Crippen LogP contribution is -2.40. The molecule has 7 nitrogen and oxygen atoms in total. The van der Waals surface area contributed by atoms with E-state index in [9.17, 15) is 19.5 Å². The molecule has 150 valence electrons. The van der Waals surface area contributed by atoms with E-state index in [2.05, 4.69) is 4.98 Å². The van der Waals surface area contributed by atoms with E-state index in [1.165, 1.54) is 0 Å². The van der Waals surface area contributed by atoms with Gasteiger partial charge < -0.3 is 15.0 Å². The zero-order valence-corrected chi connectivity index (χ0v) is 16.4. The molecule has 1 aliphatic carbocycles. The third kappa shape index (κ3) is 2.84. The second kappa shape index (κ2) is 6.79. The van der Waals surface area contributed by atoms with Crippen LogP contribution in [0.4, 0.5) is 0 Å². The molecular weight excluding hydrogens is 358 g/mol. The van der Waals surface area contributed by atoms with Gasteiger partial charge in [0.15, 0.2) is 0 Å². The van der Waals surface area contributed by atoms with Crippen LogP contribution in [0.5, 0.6) is 0 Å². The number of H-pyrrole nitrogens is 1. The van der Waals surface area contributed by atoms with Gasteiger partial charge in [0.2, 0.25) is 0 Å². The molecule has 0 spiro atoms. The number of nitrogens with zero attached hydrogens (tertiary/aromatic N) is 2. The lowest BCUT2D eigenvalue weighted by atomic mass is 9.76. The molecule has 4 rings (SSSR count). The highest BCUT2D eigenvalue weighted by Crippen LogP contribution is 2.39. The van der Waals surface area contributed by atoms with Crippen LogP contribution in [0.1, 0.15) is 62.4 Å². The summed E-state index contributed by atoms with van der Waals surface area (Å²) < 4.78 is 1.82. The lowest BCUT2D eigenvalue weighted by Gasteiger charge is -2.28. The van der Waals surface area contributed by atoms with Gasteiger partial charge in [-0.25, -0.2) is 4.79 Å². The Labute approximate surface area is 163 Å². The predicted molar refractivity (Wildman–Crippen MR) is 105 cm³/mol. The third-order valence-electron chi connectivity index (χ3n) is 6.77. The van der Waals surface area contributed by atoms with Gasteiger partial charge in [0.05, 0.1) is 16.4 Å². The van der Waals surface area contributed by atoms with E-state index < -0.39 is 11.4 Å². The number of hydrogen-bond acceptors (Lipinski definition) is 3. The second-order valence-corrected chi connectivity index (χ2v) is 8.56. The van der Waals surface area contributed by atoms with Crippen molar-refractivity contribution in [2.24, 2.45) is 11.3 Å². The first-order chi connectivity index (χ1) is 13.3. The first-order valence-corrected chi connectivity index (χ1v) is 10.1. The topological polar surface area (TPSA) is 95.4 Å². The molecule has 1 saturated heterocycles. The number of amides is 1. The van der Waals surface area contributed by atoms with Gasteiger partial charge in [-0.3, -0.25) is 14.2 Å². The maximum absolute atomic E-state index is 13.0. The first kappa shape index (κ1) is 18.8. The zero-order chi connectivity index (χ0) is 20.1. The molecule has 7 heteroatoms. The number of carboxylic acids is 1. The maximum Gasteiger partial charge on any atom is 0.326 e. The molecular formula is C21H27N3O4. The van der Waals surface area contributed by atoms with Crippen molar-refractivity contribution in [2.45, 2.75) is 52.0 Å². The highest BCUT2D eigenvalue weighted by molar-refractivity contribution is 5.98. The zero-order valence-electron chi connectivity index (χ0n) is 16.4. The fourth-order valence-corrected chi connectivity index (χ4v) is 4.87. The molecule has 2 fully saturated rings. The van der Waals surface area contributed by atoms with Crippen LogP contribution >= 0.6 is 0 Å². The van der Waals surface area contributed by atoms with Gasteiger partial charge in [-0.05, 0) is 43.4 Å². The van der Waals surface area contributed by atoms with Crippen LogP contribution in [0.2, 0.25) is 0 Å². The van der Waals surface area contributed by atoms with E-state index in [0.29, 0.717) is 24.0 Å². The molecule has 1 aliphatic heterocycles. The van der Waals surface area contributed by atoms with E-state index in [0.717, 1.165) is 31.2 Å².